The molecule has 1 heterocycles. The number of rotatable bonds is 8. The smallest absolute Gasteiger partial charge is 0.0272 e. The monoisotopic (exact) mass is 649 g/mol. The Labute approximate surface area is 260 Å². The molecule has 3 radical (unpaired) electrons. The van der Waals surface area contributed by atoms with Crippen LogP contribution in [0.4, 0.5) is 0 Å². The van der Waals surface area contributed by atoms with Crippen LogP contribution in [-0.4, -0.2) is 20.2 Å². The second-order valence-corrected chi connectivity index (χ2v) is 12.6. The zero-order valence-electron chi connectivity index (χ0n) is 26.8. The van der Waals surface area contributed by atoms with Crippen LogP contribution in [-0.2, 0) is 23.5 Å². The molecule has 5 heteroatoms. The Morgan fingerprint density at radius 1 is 0.732 bits per heavy atom. The summed E-state index contributed by atoms with van der Waals surface area (Å²) >= 11 is 3.64. The fourth-order valence-corrected chi connectivity index (χ4v) is 5.10. The van der Waals surface area contributed by atoms with Crippen molar-refractivity contribution < 1.29 is 28.6 Å². The van der Waals surface area contributed by atoms with Gasteiger partial charge in [0.05, 0.1) is 6.42 Å². The van der Waals surface area contributed by atoms with Crippen molar-refractivity contribution in [1.82, 2.24) is 9.13 Å². The molecule has 0 aliphatic heterocycles. The van der Waals surface area contributed by atoms with Gasteiger partial charge in [0.2, 0.25) is 0 Å². The Kier molecular flexibility index (Phi) is 15.0. The van der Waals surface area contributed by atoms with Gasteiger partial charge in [-0.1, -0.05) is 19.1 Å². The van der Waals surface area contributed by atoms with Crippen LogP contribution in [0.15, 0.2) is 60.9 Å². The summed E-state index contributed by atoms with van der Waals surface area (Å²) < 4.78 is 5.78. The fourth-order valence-electron chi connectivity index (χ4n) is 4.52. The molecule has 1 aromatic heterocycles. The number of para-hydroxylation sites is 2. The van der Waals surface area contributed by atoms with Crippen molar-refractivity contribution in [2.45, 2.75) is 99.3 Å². The predicted molar refractivity (Wildman–Crippen MR) is 171 cm³/mol. The molecule has 227 valence electrons. The molecule has 3 rings (SSSR count). The summed E-state index contributed by atoms with van der Waals surface area (Å²) in [5.41, 5.74) is 8.87. The molecule has 0 saturated heterocycles. The Balaban J connectivity index is 0.000000649. The molecule has 0 aliphatic rings. The summed E-state index contributed by atoms with van der Waals surface area (Å²) in [6, 6.07) is 13.5. The zero-order valence-corrected chi connectivity index (χ0v) is 28.4. The summed E-state index contributed by atoms with van der Waals surface area (Å²) in [6.45, 7) is 32.1. The maximum Gasteiger partial charge on any atom is -0.0272 e. The third-order valence-corrected chi connectivity index (χ3v) is 7.10. The van der Waals surface area contributed by atoms with Gasteiger partial charge in [0, 0.05) is 0 Å². The summed E-state index contributed by atoms with van der Waals surface area (Å²) in [5.74, 6) is 1.94. The van der Waals surface area contributed by atoms with Crippen molar-refractivity contribution in [3.8, 4) is 11.4 Å². The van der Waals surface area contributed by atoms with Crippen molar-refractivity contribution in [2.24, 2.45) is 0 Å². The van der Waals surface area contributed by atoms with Gasteiger partial charge in [-0.25, -0.2) is 0 Å². The van der Waals surface area contributed by atoms with Gasteiger partial charge in [0.25, 0.3) is 0 Å². The van der Waals surface area contributed by atoms with Crippen LogP contribution in [0, 0.1) is 23.7 Å². The average Bonchev–Trinajstić information content (AvgIpc) is 3.22. The average molecular weight is 650 g/mol. The number of benzene rings is 2. The van der Waals surface area contributed by atoms with Crippen LogP contribution < -0.4 is 0 Å². The van der Waals surface area contributed by atoms with Gasteiger partial charge in [-0.2, -0.15) is 0 Å². The number of imidazole rings is 1. The van der Waals surface area contributed by atoms with Gasteiger partial charge in [0.15, 0.2) is 0 Å². The molecule has 1 N–H and O–H groups in total. The minimum atomic E-state index is -0.812. The molecule has 0 aliphatic carbocycles. The van der Waals surface area contributed by atoms with Gasteiger partial charge in [-0.3, -0.25) is 4.79 Å². The molecule has 0 fully saturated rings. The van der Waals surface area contributed by atoms with E-state index in [1.807, 2.05) is 6.92 Å². The van der Waals surface area contributed by atoms with Crippen molar-refractivity contribution in [1.29, 1.82) is 0 Å². The number of carboxylic acid groups (broad SMARTS) is 1. The van der Waals surface area contributed by atoms with Gasteiger partial charge in [-0.05, 0) is 26.7 Å². The largest absolute Gasteiger partial charge is 0.0591 e. The Bertz CT molecular complexity index is 1190. The number of aromatic nitrogens is 2. The van der Waals surface area contributed by atoms with E-state index in [0.717, 1.165) is 9.81 Å². The third kappa shape index (κ3) is 10.7. The minimum Gasteiger partial charge on any atom is -0.0591 e. The van der Waals surface area contributed by atoms with E-state index in [4.69, 9.17) is 5.11 Å². The fraction of sp³-hybridized carbons (Fsp3) is 0.417. The summed E-state index contributed by atoms with van der Waals surface area (Å²) in [4.78, 5) is 9.75. The SMILES string of the molecule is C=C(C)CC(=O)O.CC(C)c1cccc(C(C)C)c1-n1ccn(-c2c(C(C)C)cccc2C(C)C)[c]1=[Pd].[CH2][C]([CH2])C. The standard InChI is InChI=1S/C27H36N2.C5H8O2.C4H7.Pd/c1-18(2)22-11-9-12-23(19(3)4)26(22)28-15-16-29(17-28)27-24(20(5)6)13-10-14-25(27)21(7)8;1-4(2)3-5(6)7;1-4(2)3;/h9-16,18-21H,1-8H3;1,3H2,2H3,(H,6,7);1-2H2,3H3;. The van der Waals surface area contributed by atoms with Crippen molar-refractivity contribution in [2.75, 3.05) is 0 Å². The minimum absolute atomic E-state index is 0.0833. The van der Waals surface area contributed by atoms with E-state index >= 15 is 0 Å². The van der Waals surface area contributed by atoms with Crippen LogP contribution in [0.5, 0.6) is 0 Å². The van der Waals surface area contributed by atoms with E-state index in [9.17, 15) is 4.79 Å². The van der Waals surface area contributed by atoms with Crippen molar-refractivity contribution in [3.63, 3.8) is 0 Å². The Morgan fingerprint density at radius 2 is 1.00 bits per heavy atom. The van der Waals surface area contributed by atoms with Crippen LogP contribution >= 0.6 is 0 Å². The van der Waals surface area contributed by atoms with Crippen LogP contribution in [0.2, 0.25) is 0 Å². The topological polar surface area (TPSA) is 47.2 Å². The molecular formula is C36H51N2O2Pd. The zero-order chi connectivity index (χ0) is 31.6. The molecule has 0 spiro atoms. The first-order chi connectivity index (χ1) is 19.0. The number of carbonyl (C=O) groups is 1. The van der Waals surface area contributed by atoms with E-state index in [1.165, 1.54) is 33.6 Å². The predicted octanol–water partition coefficient (Wildman–Crippen LogP) is 10.1. The second kappa shape index (κ2) is 16.8. The molecule has 0 unspecified atom stereocenters. The first-order valence-electron chi connectivity index (χ1n) is 14.4. The molecule has 3 aromatic rings. The molecule has 0 amide bonds. The molecule has 0 atom stereocenters. The number of aliphatic carboxylic acids is 1. The quantitative estimate of drug-likeness (QED) is 0.195. The Hall–Kier alpha value is -2.48. The van der Waals surface area contributed by atoms with Gasteiger partial charge < -0.3 is 5.11 Å². The maximum atomic E-state index is 9.75. The van der Waals surface area contributed by atoms with Gasteiger partial charge in [-0.15, -0.1) is 0 Å². The normalized spacial score (nSPS) is 11.1. The van der Waals surface area contributed by atoms with Crippen LogP contribution in [0.3, 0.4) is 0 Å². The van der Waals surface area contributed by atoms with E-state index in [1.54, 1.807) is 6.92 Å². The number of carboxylic acids is 1. The molecule has 0 bridgehead atoms. The van der Waals surface area contributed by atoms with E-state index < -0.39 is 5.97 Å². The van der Waals surface area contributed by atoms with E-state index in [0.29, 0.717) is 29.2 Å². The molecule has 4 nitrogen and oxygen atoms in total. The number of hydrogen-bond acceptors (Lipinski definition) is 1. The number of hydrogen-bond donors (Lipinski definition) is 1. The molecular weight excluding hydrogens is 599 g/mol. The van der Waals surface area contributed by atoms with Gasteiger partial charge >= 0.3 is 199 Å². The molecule has 41 heavy (non-hydrogen) atoms. The summed E-state index contributed by atoms with van der Waals surface area (Å²) in [6.07, 6.45) is 4.52. The van der Waals surface area contributed by atoms with E-state index in [2.05, 4.69) is 152 Å². The Morgan fingerprint density at radius 3 is 1.17 bits per heavy atom. The third-order valence-electron chi connectivity index (χ3n) is 6.35. The number of nitrogens with zero attached hydrogens (tertiary/aromatic N) is 2. The van der Waals surface area contributed by atoms with E-state index in [-0.39, 0.29) is 6.42 Å². The second-order valence-electron chi connectivity index (χ2n) is 12.0. The van der Waals surface area contributed by atoms with Crippen molar-refractivity contribution in [3.05, 3.63) is 107 Å². The maximum absolute atomic E-state index is 9.75. The van der Waals surface area contributed by atoms with Crippen molar-refractivity contribution >= 4 is 5.97 Å². The molecule has 2 aromatic carbocycles. The van der Waals surface area contributed by atoms with Crippen LogP contribution in [0.1, 0.15) is 122 Å². The summed E-state index contributed by atoms with van der Waals surface area (Å²) in [5, 5.41) is 8.02. The summed E-state index contributed by atoms with van der Waals surface area (Å²) in [7, 11) is 0. The first kappa shape index (κ1) is 36.5. The van der Waals surface area contributed by atoms with Gasteiger partial charge in [0.1, 0.15) is 0 Å². The molecule has 0 saturated carbocycles. The van der Waals surface area contributed by atoms with Crippen LogP contribution in [0.25, 0.3) is 11.4 Å². The first-order valence-corrected chi connectivity index (χ1v) is 15.1.